The van der Waals surface area contributed by atoms with Crippen molar-refractivity contribution in [3.63, 3.8) is 0 Å². The fraction of sp³-hybridized carbons (Fsp3) is 0.333. The van der Waals surface area contributed by atoms with Crippen LogP contribution in [0.1, 0.15) is 40.7 Å². The summed E-state index contributed by atoms with van der Waals surface area (Å²) in [5.41, 5.74) is -3.08. The molecule has 0 saturated heterocycles. The topological polar surface area (TPSA) is 127 Å². The molecular weight excluding hydrogens is 623 g/mol. The number of nitrogens with zero attached hydrogens (tertiary/aromatic N) is 2. The number of allylic oxidation sites excluding steroid dienone is 1. The van der Waals surface area contributed by atoms with E-state index in [0.717, 1.165) is 16.7 Å². The average molecular weight is 648 g/mol. The Morgan fingerprint density at radius 3 is 2.24 bits per heavy atom. The molecule has 2 aliphatic heterocycles. The Hall–Kier alpha value is -4.72. The third kappa shape index (κ3) is 4.25. The summed E-state index contributed by atoms with van der Waals surface area (Å²) >= 11 is 6.54. The summed E-state index contributed by atoms with van der Waals surface area (Å²) in [6, 6.07) is 6.07. The van der Waals surface area contributed by atoms with E-state index in [1.807, 2.05) is 0 Å². The normalized spacial score (nSPS) is 22.0. The third-order valence-electron chi connectivity index (χ3n) is 8.52. The van der Waals surface area contributed by atoms with Crippen molar-refractivity contribution in [2.75, 3.05) is 19.5 Å². The van der Waals surface area contributed by atoms with Crippen LogP contribution in [0, 0.1) is 5.92 Å². The minimum absolute atomic E-state index is 0.0240. The number of ketones is 2. The van der Waals surface area contributed by atoms with Gasteiger partial charge < -0.3 is 24.3 Å². The molecule has 6 rings (SSSR count). The second-order valence-corrected chi connectivity index (χ2v) is 11.3. The summed E-state index contributed by atoms with van der Waals surface area (Å²) < 4.78 is 61.8. The molecule has 3 aromatic rings. The molecule has 1 aliphatic carbocycles. The molecule has 0 radical (unpaired) electrons. The molecule has 236 valence electrons. The quantitative estimate of drug-likeness (QED) is 0.417. The molecule has 0 fully saturated rings. The number of halogens is 4. The van der Waals surface area contributed by atoms with Crippen molar-refractivity contribution in [1.82, 2.24) is 9.13 Å². The summed E-state index contributed by atoms with van der Waals surface area (Å²) in [5.74, 6) is -3.82. The summed E-state index contributed by atoms with van der Waals surface area (Å²) in [6.07, 6.45) is -4.90. The Balaban J connectivity index is 1.58. The van der Waals surface area contributed by atoms with Crippen LogP contribution in [0.15, 0.2) is 51.2 Å². The molecule has 1 N–H and O–H groups in total. The molecule has 0 saturated carbocycles. The Kier molecular flexibility index (Phi) is 6.84. The van der Waals surface area contributed by atoms with Gasteiger partial charge in [-0.25, -0.2) is 4.79 Å². The smallest absolute Gasteiger partial charge is 0.496 e. The fourth-order valence-corrected chi connectivity index (χ4v) is 6.65. The first kappa shape index (κ1) is 30.3. The van der Waals surface area contributed by atoms with E-state index >= 15 is 0 Å². The number of ether oxygens (including phenoxy) is 4. The molecule has 2 aromatic carbocycles. The highest BCUT2D eigenvalue weighted by Crippen LogP contribution is 2.56. The van der Waals surface area contributed by atoms with E-state index in [-0.39, 0.29) is 56.8 Å². The van der Waals surface area contributed by atoms with Crippen LogP contribution in [0.4, 0.5) is 19.0 Å². The number of fused-ring (bicyclic) bond motifs is 2. The number of methoxy groups -OCH3 is 2. The number of alkyl halides is 3. The first-order valence-electron chi connectivity index (χ1n) is 13.5. The van der Waals surface area contributed by atoms with Crippen LogP contribution in [0.25, 0.3) is 0 Å². The maximum absolute atomic E-state index is 14.8. The van der Waals surface area contributed by atoms with Gasteiger partial charge >= 0.3 is 12.1 Å². The Labute approximate surface area is 257 Å². The number of carbonyl (C=O) groups excluding carboxylic acids is 2. The number of hydrogen-bond acceptors (Lipinski definition) is 9. The zero-order valence-corrected chi connectivity index (χ0v) is 25.2. The number of benzene rings is 2. The lowest BCUT2D eigenvalue weighted by Gasteiger charge is -2.42. The molecule has 1 spiro atoms. The minimum Gasteiger partial charge on any atom is -0.496 e. The van der Waals surface area contributed by atoms with Crippen molar-refractivity contribution in [1.29, 1.82) is 0 Å². The SMILES string of the molecule is COc1cc(OC)c2c(c1Cl)O[C@@]1(C(=O)C3=C(C[C@H]1C)Nc1c(c(=O)n(C)c(=O)n1C)[C@@H]3c1ccc(OC(F)(F)F)cc1)C2=O. The average Bonchev–Trinajstić information content (AvgIpc) is 3.31. The molecule has 0 bridgehead atoms. The zero-order chi connectivity index (χ0) is 32.7. The lowest BCUT2D eigenvalue weighted by Crippen LogP contribution is -2.58. The maximum atomic E-state index is 14.8. The van der Waals surface area contributed by atoms with E-state index in [2.05, 4.69) is 10.1 Å². The predicted octanol–water partition coefficient (Wildman–Crippen LogP) is 4.09. The van der Waals surface area contributed by atoms with Gasteiger partial charge in [0.05, 0.1) is 19.8 Å². The maximum Gasteiger partial charge on any atom is 0.573 e. The lowest BCUT2D eigenvalue weighted by molar-refractivity contribution is -0.274. The highest BCUT2D eigenvalue weighted by molar-refractivity contribution is 6.36. The van der Waals surface area contributed by atoms with Crippen molar-refractivity contribution in [3.05, 3.63) is 84.2 Å². The van der Waals surface area contributed by atoms with Crippen LogP contribution in [-0.2, 0) is 18.9 Å². The molecule has 3 atom stereocenters. The van der Waals surface area contributed by atoms with Crippen molar-refractivity contribution < 1.29 is 41.7 Å². The van der Waals surface area contributed by atoms with Gasteiger partial charge in [0, 0.05) is 43.3 Å². The predicted molar refractivity (Wildman–Crippen MR) is 154 cm³/mol. The van der Waals surface area contributed by atoms with Crippen LogP contribution < -0.4 is 35.5 Å². The van der Waals surface area contributed by atoms with E-state index in [9.17, 15) is 32.3 Å². The van der Waals surface area contributed by atoms with Crippen LogP contribution in [0.2, 0.25) is 5.02 Å². The van der Waals surface area contributed by atoms with Gasteiger partial charge in [0.15, 0.2) is 5.75 Å². The van der Waals surface area contributed by atoms with Gasteiger partial charge in [-0.1, -0.05) is 30.7 Å². The Morgan fingerprint density at radius 2 is 1.64 bits per heavy atom. The lowest BCUT2D eigenvalue weighted by atomic mass is 9.66. The largest absolute Gasteiger partial charge is 0.573 e. The molecule has 3 heterocycles. The molecule has 0 amide bonds. The van der Waals surface area contributed by atoms with Crippen molar-refractivity contribution in [3.8, 4) is 23.0 Å². The van der Waals surface area contributed by atoms with E-state index in [4.69, 9.17) is 25.8 Å². The number of aromatic nitrogens is 2. The number of Topliss-reactive ketones (excluding diaryl/α,β-unsaturated/α-hetero) is 2. The van der Waals surface area contributed by atoms with Gasteiger partial charge in [0.1, 0.15) is 33.7 Å². The molecular formula is C30H25ClF3N3O8. The van der Waals surface area contributed by atoms with Gasteiger partial charge in [-0.05, 0) is 24.1 Å². The summed E-state index contributed by atoms with van der Waals surface area (Å²) in [7, 11) is 5.40. The fourth-order valence-electron chi connectivity index (χ4n) is 6.38. The molecule has 1 aromatic heterocycles. The van der Waals surface area contributed by atoms with Crippen LogP contribution in [-0.4, -0.2) is 46.9 Å². The second kappa shape index (κ2) is 10.2. The highest BCUT2D eigenvalue weighted by Gasteiger charge is 2.63. The van der Waals surface area contributed by atoms with Gasteiger partial charge in [0.25, 0.3) is 5.56 Å². The number of nitrogens with one attached hydrogen (secondary N) is 1. The molecule has 15 heteroatoms. The first-order valence-corrected chi connectivity index (χ1v) is 13.9. The molecule has 0 unspecified atom stereocenters. The number of hydrogen-bond donors (Lipinski definition) is 1. The Morgan fingerprint density at radius 1 is 1.00 bits per heavy atom. The van der Waals surface area contributed by atoms with E-state index in [0.29, 0.717) is 5.70 Å². The summed E-state index contributed by atoms with van der Waals surface area (Å²) in [6.45, 7) is 1.64. The minimum atomic E-state index is -4.95. The van der Waals surface area contributed by atoms with Gasteiger partial charge in [0.2, 0.25) is 17.2 Å². The second-order valence-electron chi connectivity index (χ2n) is 10.9. The first-order chi connectivity index (χ1) is 21.2. The van der Waals surface area contributed by atoms with E-state index in [1.165, 1.54) is 51.1 Å². The van der Waals surface area contributed by atoms with Gasteiger partial charge in [-0.3, -0.25) is 23.5 Å². The summed E-state index contributed by atoms with van der Waals surface area (Å²) in [5, 5.41) is 3.02. The third-order valence-corrected chi connectivity index (χ3v) is 8.88. The van der Waals surface area contributed by atoms with Gasteiger partial charge in [-0.15, -0.1) is 13.2 Å². The standard InChI is InChI=1S/C30H25ClF3N3O8/c1-12-10-15-19(24(38)29(12)25(39)20-16(42-4)11-17(43-5)22(31)23(20)45-29)18(13-6-8-14(9-7-13)44-30(32,33)34)21-26(35-15)36(2)28(41)37(3)27(21)40/h6-9,11-12,18,35H,10H2,1-5H3/t12-,18-,29+/m1/s1. The van der Waals surface area contributed by atoms with Crippen LogP contribution in [0.3, 0.4) is 0 Å². The highest BCUT2D eigenvalue weighted by atomic mass is 35.5. The van der Waals surface area contributed by atoms with E-state index < -0.39 is 52.4 Å². The van der Waals surface area contributed by atoms with E-state index in [1.54, 1.807) is 6.92 Å². The molecule has 45 heavy (non-hydrogen) atoms. The molecule has 11 nitrogen and oxygen atoms in total. The van der Waals surface area contributed by atoms with Crippen molar-refractivity contribution in [2.45, 2.75) is 31.2 Å². The van der Waals surface area contributed by atoms with Crippen LogP contribution >= 0.6 is 11.6 Å². The number of anilines is 1. The molecule has 3 aliphatic rings. The van der Waals surface area contributed by atoms with Gasteiger partial charge in [-0.2, -0.15) is 0 Å². The van der Waals surface area contributed by atoms with Crippen molar-refractivity contribution >= 4 is 29.0 Å². The summed E-state index contributed by atoms with van der Waals surface area (Å²) in [4.78, 5) is 55.7. The monoisotopic (exact) mass is 647 g/mol. The number of rotatable bonds is 4. The number of carbonyl (C=O) groups is 2. The van der Waals surface area contributed by atoms with Crippen LogP contribution in [0.5, 0.6) is 23.0 Å². The van der Waals surface area contributed by atoms with Crippen molar-refractivity contribution in [2.24, 2.45) is 20.0 Å². The zero-order valence-electron chi connectivity index (χ0n) is 24.4. The Bertz CT molecular complexity index is 1970.